The van der Waals surface area contributed by atoms with E-state index in [1.54, 1.807) is 0 Å². The Balaban J connectivity index is 1.63. The molecule has 1 saturated carbocycles. The van der Waals surface area contributed by atoms with Gasteiger partial charge in [0, 0.05) is 39.1 Å². The van der Waals surface area contributed by atoms with Gasteiger partial charge in [0.2, 0.25) is 5.75 Å². The molecule has 1 aromatic carbocycles. The van der Waals surface area contributed by atoms with Crippen LogP contribution >= 0.6 is 0 Å². The van der Waals surface area contributed by atoms with Crippen molar-refractivity contribution in [2.24, 2.45) is 5.92 Å². The Morgan fingerprint density at radius 2 is 1.91 bits per heavy atom. The third-order valence-electron chi connectivity index (χ3n) is 6.33. The predicted octanol–water partition coefficient (Wildman–Crippen LogP) is 0.349. The van der Waals surface area contributed by atoms with Crippen LogP contribution in [-0.2, 0) is 22.7 Å². The first-order valence-corrected chi connectivity index (χ1v) is 10.9. The second-order valence-corrected chi connectivity index (χ2v) is 8.82. The van der Waals surface area contributed by atoms with E-state index in [1.165, 1.54) is 23.6 Å². The highest BCUT2D eigenvalue weighted by Gasteiger charge is 2.41. The van der Waals surface area contributed by atoms with Crippen molar-refractivity contribution in [2.45, 2.75) is 44.3 Å². The average molecular weight is 453 g/mol. The third-order valence-corrected chi connectivity index (χ3v) is 6.33. The Labute approximate surface area is 190 Å². The van der Waals surface area contributed by atoms with E-state index in [1.807, 2.05) is 30.3 Å². The fourth-order valence-corrected chi connectivity index (χ4v) is 4.62. The van der Waals surface area contributed by atoms with E-state index in [0.29, 0.717) is 25.2 Å². The molecular weight excluding hydrogens is 426 g/mol. The minimum atomic E-state index is -0.717. The zero-order valence-electron chi connectivity index (χ0n) is 18.6. The van der Waals surface area contributed by atoms with Crippen LogP contribution in [0.15, 0.2) is 35.1 Å². The monoisotopic (exact) mass is 453 g/mol. The number of carbonyl (C=O) groups excluding carboxylic acids is 3. The number of hydrogen-bond acceptors (Lipinski definition) is 6. The topological polar surface area (TPSA) is 134 Å². The van der Waals surface area contributed by atoms with E-state index < -0.39 is 35.1 Å². The predicted molar refractivity (Wildman–Crippen MR) is 118 cm³/mol. The van der Waals surface area contributed by atoms with Crippen LogP contribution in [0.2, 0.25) is 0 Å². The SMILES string of the molecule is CN(C)C(=O)C(=O)NC1CC2CCC1c1nc(C(=O)NCc3ccccc3)c(O)c(=O)n1C2. The number of hydrogen-bond donors (Lipinski definition) is 3. The average Bonchev–Trinajstić information content (AvgIpc) is 3.07. The summed E-state index contributed by atoms with van der Waals surface area (Å²) in [4.78, 5) is 55.8. The van der Waals surface area contributed by atoms with Crippen molar-refractivity contribution in [1.82, 2.24) is 25.1 Å². The number of fused-ring (bicyclic) bond motifs is 2. The molecule has 1 fully saturated rings. The second kappa shape index (κ2) is 9.05. The lowest BCUT2D eigenvalue weighted by molar-refractivity contribution is -0.144. The molecule has 3 heterocycles. The first kappa shape index (κ1) is 22.5. The van der Waals surface area contributed by atoms with Crippen LogP contribution in [0.25, 0.3) is 0 Å². The number of nitrogens with one attached hydrogen (secondary N) is 2. The van der Waals surface area contributed by atoms with Gasteiger partial charge in [-0.05, 0) is 30.7 Å². The summed E-state index contributed by atoms with van der Waals surface area (Å²) in [5, 5.41) is 16.0. The maximum Gasteiger partial charge on any atom is 0.311 e. The van der Waals surface area contributed by atoms with Crippen molar-refractivity contribution in [2.75, 3.05) is 14.1 Å². The molecule has 174 valence electrons. The summed E-state index contributed by atoms with van der Waals surface area (Å²) in [6.45, 7) is 0.557. The zero-order valence-corrected chi connectivity index (χ0v) is 18.6. The van der Waals surface area contributed by atoms with Crippen molar-refractivity contribution < 1.29 is 19.5 Å². The van der Waals surface area contributed by atoms with Gasteiger partial charge in [-0.15, -0.1) is 0 Å². The van der Waals surface area contributed by atoms with E-state index in [4.69, 9.17) is 0 Å². The summed E-state index contributed by atoms with van der Waals surface area (Å²) in [5.74, 6) is -2.63. The number of carbonyl (C=O) groups is 3. The third kappa shape index (κ3) is 4.46. The quantitative estimate of drug-likeness (QED) is 0.572. The molecule has 0 saturated heterocycles. The molecule has 2 aromatic rings. The molecule has 2 bridgehead atoms. The highest BCUT2D eigenvalue weighted by molar-refractivity contribution is 6.34. The van der Waals surface area contributed by atoms with Crippen LogP contribution in [0.3, 0.4) is 0 Å². The molecule has 1 aliphatic carbocycles. The number of benzene rings is 1. The van der Waals surface area contributed by atoms with Gasteiger partial charge in [0.15, 0.2) is 5.69 Å². The van der Waals surface area contributed by atoms with Crippen LogP contribution in [0.5, 0.6) is 5.75 Å². The summed E-state index contributed by atoms with van der Waals surface area (Å²) >= 11 is 0. The van der Waals surface area contributed by atoms with Gasteiger partial charge in [-0.25, -0.2) is 4.98 Å². The lowest BCUT2D eigenvalue weighted by atomic mass is 9.79. The summed E-state index contributed by atoms with van der Waals surface area (Å²) in [6, 6.07) is 8.85. The van der Waals surface area contributed by atoms with Crippen molar-refractivity contribution in [3.63, 3.8) is 0 Å². The summed E-state index contributed by atoms with van der Waals surface area (Å²) in [7, 11) is 3.00. The van der Waals surface area contributed by atoms with Gasteiger partial charge in [0.05, 0.1) is 0 Å². The molecule has 10 nitrogen and oxygen atoms in total. The van der Waals surface area contributed by atoms with Crippen molar-refractivity contribution >= 4 is 17.7 Å². The van der Waals surface area contributed by atoms with Crippen LogP contribution < -0.4 is 16.2 Å². The molecule has 0 radical (unpaired) electrons. The Bertz CT molecular complexity index is 1140. The van der Waals surface area contributed by atoms with E-state index in [-0.39, 0.29) is 24.1 Å². The van der Waals surface area contributed by atoms with Gasteiger partial charge < -0.3 is 20.6 Å². The lowest BCUT2D eigenvalue weighted by Gasteiger charge is -2.32. The number of aromatic nitrogens is 2. The number of likely N-dealkylation sites (N-methyl/N-ethyl adjacent to an activating group) is 1. The molecule has 1 aromatic heterocycles. The fraction of sp³-hybridized carbons (Fsp3) is 0.435. The molecule has 5 rings (SSSR count). The van der Waals surface area contributed by atoms with E-state index >= 15 is 0 Å². The second-order valence-electron chi connectivity index (χ2n) is 8.82. The molecule has 3 amide bonds. The molecule has 33 heavy (non-hydrogen) atoms. The number of nitrogens with zero attached hydrogens (tertiary/aromatic N) is 3. The maximum absolute atomic E-state index is 13.0. The zero-order chi connectivity index (χ0) is 23.7. The highest BCUT2D eigenvalue weighted by atomic mass is 16.3. The van der Waals surface area contributed by atoms with Gasteiger partial charge in [0.1, 0.15) is 5.82 Å². The smallest absolute Gasteiger partial charge is 0.311 e. The molecular formula is C23H27N5O5. The highest BCUT2D eigenvalue weighted by Crippen LogP contribution is 2.39. The standard InChI is InChI=1S/C23H27N5O5/c1-27(2)23(33)21(31)25-16-10-14-8-9-15(16)19-26-17(18(29)22(32)28(19)12-14)20(30)24-11-13-6-4-3-5-7-13/h3-7,14-16,29H,8-12H2,1-2H3,(H,24,30)(H,25,31). The number of rotatable bonds is 4. The van der Waals surface area contributed by atoms with Crippen molar-refractivity contribution in [1.29, 1.82) is 0 Å². The van der Waals surface area contributed by atoms with E-state index in [0.717, 1.165) is 12.0 Å². The molecule has 0 spiro atoms. The van der Waals surface area contributed by atoms with Crippen LogP contribution in [-0.4, -0.2) is 57.4 Å². The first-order valence-electron chi connectivity index (χ1n) is 10.9. The fourth-order valence-electron chi connectivity index (χ4n) is 4.62. The molecule has 3 atom stereocenters. The lowest BCUT2D eigenvalue weighted by Crippen LogP contribution is -2.48. The Morgan fingerprint density at radius 1 is 1.18 bits per heavy atom. The first-order chi connectivity index (χ1) is 15.8. The molecule has 3 aliphatic rings. The van der Waals surface area contributed by atoms with Gasteiger partial charge in [-0.1, -0.05) is 30.3 Å². The van der Waals surface area contributed by atoms with E-state index in [2.05, 4.69) is 15.6 Å². The molecule has 3 N–H and O–H groups in total. The van der Waals surface area contributed by atoms with Crippen LogP contribution in [0, 0.1) is 5.92 Å². The van der Waals surface area contributed by atoms with Gasteiger partial charge in [-0.2, -0.15) is 0 Å². The van der Waals surface area contributed by atoms with Gasteiger partial charge in [0.25, 0.3) is 11.5 Å². The molecule has 3 unspecified atom stereocenters. The van der Waals surface area contributed by atoms with Crippen LogP contribution in [0.4, 0.5) is 0 Å². The van der Waals surface area contributed by atoms with Gasteiger partial charge >= 0.3 is 11.8 Å². The summed E-state index contributed by atoms with van der Waals surface area (Å²) in [6.07, 6.45) is 2.04. The Morgan fingerprint density at radius 3 is 2.61 bits per heavy atom. The Kier molecular flexibility index (Phi) is 6.17. The minimum absolute atomic E-state index is 0.0823. The van der Waals surface area contributed by atoms with Crippen molar-refractivity contribution in [3.05, 3.63) is 57.8 Å². The normalized spacial score (nSPS) is 21.0. The number of aromatic hydroxyl groups is 1. The molecule has 10 heteroatoms. The van der Waals surface area contributed by atoms with Crippen molar-refractivity contribution in [3.8, 4) is 5.75 Å². The molecule has 2 aliphatic heterocycles. The Hall–Kier alpha value is -3.69. The maximum atomic E-state index is 13.0. The van der Waals surface area contributed by atoms with Gasteiger partial charge in [-0.3, -0.25) is 23.7 Å². The summed E-state index contributed by atoms with van der Waals surface area (Å²) < 4.78 is 1.41. The largest absolute Gasteiger partial charge is 0.501 e. The minimum Gasteiger partial charge on any atom is -0.501 e. The number of amides is 3. The van der Waals surface area contributed by atoms with Crippen LogP contribution in [0.1, 0.15) is 47.1 Å². The van der Waals surface area contributed by atoms with E-state index in [9.17, 15) is 24.3 Å². The summed E-state index contributed by atoms with van der Waals surface area (Å²) in [5.41, 5.74) is -0.135.